The molecule has 13 heteroatoms. The van der Waals surface area contributed by atoms with Crippen molar-refractivity contribution >= 4 is 28.8 Å². The predicted molar refractivity (Wildman–Crippen MR) is 139 cm³/mol. The first-order valence-corrected chi connectivity index (χ1v) is 12.2. The Balaban J connectivity index is 1.38. The Morgan fingerprint density at radius 3 is 2.68 bits per heavy atom. The zero-order valence-electron chi connectivity index (χ0n) is 21.2. The van der Waals surface area contributed by atoms with E-state index in [1.54, 1.807) is 37.5 Å². The molecule has 4 aromatic heterocycles. The molecule has 2 atom stereocenters. The maximum Gasteiger partial charge on any atom is 0.333 e. The number of carbonyl (C=O) groups is 1. The largest absolute Gasteiger partial charge is 0.338 e. The summed E-state index contributed by atoms with van der Waals surface area (Å²) >= 11 is 0. The molecule has 5 rings (SSSR count). The summed E-state index contributed by atoms with van der Waals surface area (Å²) in [5, 5.41) is 11.8. The van der Waals surface area contributed by atoms with Crippen LogP contribution < -0.4 is 21.5 Å². The van der Waals surface area contributed by atoms with Crippen LogP contribution in [0.3, 0.4) is 0 Å². The van der Waals surface area contributed by atoms with Crippen LogP contribution in [0.5, 0.6) is 0 Å². The van der Waals surface area contributed by atoms with E-state index in [0.29, 0.717) is 29.1 Å². The minimum absolute atomic E-state index is 0.0521. The Labute approximate surface area is 217 Å². The highest BCUT2D eigenvalue weighted by molar-refractivity contribution is 5.93. The first-order valence-electron chi connectivity index (χ1n) is 12.2. The van der Waals surface area contributed by atoms with Gasteiger partial charge in [-0.1, -0.05) is 6.07 Å². The molecule has 5 heterocycles. The Hall–Kier alpha value is -4.86. The summed E-state index contributed by atoms with van der Waals surface area (Å²) < 4.78 is 3.38. The van der Waals surface area contributed by atoms with Gasteiger partial charge < -0.3 is 14.8 Å². The molecule has 13 nitrogen and oxygen atoms in total. The third-order valence-corrected chi connectivity index (χ3v) is 6.83. The van der Waals surface area contributed by atoms with Crippen molar-refractivity contribution in [2.24, 2.45) is 7.05 Å². The van der Waals surface area contributed by atoms with Gasteiger partial charge in [0.25, 0.3) is 5.56 Å². The van der Waals surface area contributed by atoms with E-state index in [2.05, 4.69) is 37.1 Å². The molecule has 0 unspecified atom stereocenters. The number of hydrogen-bond donors (Lipinski definition) is 1. The number of fused-ring (bicyclic) bond motifs is 1. The average Bonchev–Trinajstić information content (AvgIpc) is 3.56. The maximum atomic E-state index is 13.1. The van der Waals surface area contributed by atoms with Gasteiger partial charge in [0.1, 0.15) is 18.4 Å². The van der Waals surface area contributed by atoms with Gasteiger partial charge in [0, 0.05) is 37.6 Å². The standard InChI is InChI=1S/C25H26N10O3/c1-15-6-5-10-33(15)24-27-12-17(13-28-24)18-7-4-8-19(30-18)31-22(36)16(2)35-14-29-21-20(35)23(37)34(11-9-26)25(38)32(21)3/h4,7-8,12-16H,5-6,10-11H2,1-3H3,(H,30,31,36)/t15-,16+/m1/s1. The van der Waals surface area contributed by atoms with Crippen molar-refractivity contribution in [2.75, 3.05) is 16.8 Å². The molecular weight excluding hydrogens is 488 g/mol. The number of nitriles is 1. The Kier molecular flexibility index (Phi) is 6.46. The second kappa shape index (κ2) is 9.89. The minimum Gasteiger partial charge on any atom is -0.338 e. The van der Waals surface area contributed by atoms with E-state index >= 15 is 0 Å². The van der Waals surface area contributed by atoms with Gasteiger partial charge in [-0.3, -0.25) is 14.2 Å². The lowest BCUT2D eigenvalue weighted by Gasteiger charge is -2.21. The topological polar surface area (TPSA) is 157 Å². The lowest BCUT2D eigenvalue weighted by Crippen LogP contribution is -2.40. The van der Waals surface area contributed by atoms with Crippen molar-refractivity contribution in [3.63, 3.8) is 0 Å². The van der Waals surface area contributed by atoms with E-state index in [1.165, 1.54) is 22.5 Å². The van der Waals surface area contributed by atoms with Crippen molar-refractivity contribution in [3.8, 4) is 17.3 Å². The first-order chi connectivity index (χ1) is 18.3. The average molecular weight is 515 g/mol. The fourth-order valence-electron chi connectivity index (χ4n) is 4.65. The van der Waals surface area contributed by atoms with Crippen molar-refractivity contribution in [1.29, 1.82) is 5.26 Å². The van der Waals surface area contributed by atoms with Crippen LogP contribution >= 0.6 is 0 Å². The molecule has 0 aliphatic carbocycles. The second-order valence-electron chi connectivity index (χ2n) is 9.24. The van der Waals surface area contributed by atoms with Gasteiger partial charge in [0.05, 0.1) is 18.1 Å². The minimum atomic E-state index is -0.865. The van der Waals surface area contributed by atoms with Crippen LogP contribution in [0.15, 0.2) is 46.5 Å². The van der Waals surface area contributed by atoms with Gasteiger partial charge in [0.15, 0.2) is 11.2 Å². The van der Waals surface area contributed by atoms with E-state index in [-0.39, 0.29) is 11.2 Å². The van der Waals surface area contributed by atoms with Crippen molar-refractivity contribution in [2.45, 2.75) is 45.3 Å². The van der Waals surface area contributed by atoms with Crippen LogP contribution in [0.4, 0.5) is 11.8 Å². The number of amides is 1. The number of nitrogens with one attached hydrogen (secondary N) is 1. The summed E-state index contributed by atoms with van der Waals surface area (Å²) in [6.45, 7) is 4.29. The van der Waals surface area contributed by atoms with E-state index in [9.17, 15) is 14.4 Å². The van der Waals surface area contributed by atoms with Crippen molar-refractivity contribution < 1.29 is 4.79 Å². The number of hydrogen-bond acceptors (Lipinski definition) is 9. The quantitative estimate of drug-likeness (QED) is 0.402. The van der Waals surface area contributed by atoms with Crippen LogP contribution in [0.1, 0.15) is 32.7 Å². The third kappa shape index (κ3) is 4.30. The SMILES string of the molecule is C[C@@H]1CCCN1c1ncc(-c2cccc(NC(=O)[C@H](C)n3cnc4c3c(=O)n(CC#N)c(=O)n4C)n2)cn1. The maximum absolute atomic E-state index is 13.1. The first kappa shape index (κ1) is 24.8. The molecule has 1 fully saturated rings. The number of imidazole rings is 1. The monoisotopic (exact) mass is 514 g/mol. The number of nitrogens with zero attached hydrogens (tertiary/aromatic N) is 9. The Morgan fingerprint density at radius 2 is 2.00 bits per heavy atom. The van der Waals surface area contributed by atoms with Crippen LogP contribution in [0, 0.1) is 11.3 Å². The zero-order chi connectivity index (χ0) is 27.0. The number of anilines is 2. The van der Waals surface area contributed by atoms with Crippen molar-refractivity contribution in [3.05, 3.63) is 57.8 Å². The fourth-order valence-corrected chi connectivity index (χ4v) is 4.65. The van der Waals surface area contributed by atoms with Crippen LogP contribution in [0.2, 0.25) is 0 Å². The summed E-state index contributed by atoms with van der Waals surface area (Å²) in [6.07, 6.45) is 7.01. The molecule has 38 heavy (non-hydrogen) atoms. The fraction of sp³-hybridized carbons (Fsp3) is 0.360. The molecule has 0 bridgehead atoms. The van der Waals surface area contributed by atoms with Gasteiger partial charge in [-0.2, -0.15) is 5.26 Å². The molecule has 1 amide bonds. The number of aryl methyl sites for hydroxylation is 1. The molecule has 1 aliphatic rings. The summed E-state index contributed by atoms with van der Waals surface area (Å²) in [5.41, 5.74) is 0.147. The molecule has 1 aliphatic heterocycles. The van der Waals surface area contributed by atoms with Gasteiger partial charge in [-0.05, 0) is 38.8 Å². The number of pyridine rings is 1. The van der Waals surface area contributed by atoms with Gasteiger partial charge in [-0.15, -0.1) is 0 Å². The Bertz CT molecular complexity index is 1680. The molecule has 0 aromatic carbocycles. The third-order valence-electron chi connectivity index (χ3n) is 6.83. The molecule has 1 saturated heterocycles. The second-order valence-corrected chi connectivity index (χ2v) is 9.24. The molecular formula is C25H26N10O3. The number of rotatable bonds is 6. The van der Waals surface area contributed by atoms with Gasteiger partial charge in [-0.25, -0.2) is 29.3 Å². The van der Waals surface area contributed by atoms with Crippen molar-refractivity contribution in [1.82, 2.24) is 33.6 Å². The lowest BCUT2D eigenvalue weighted by atomic mass is 10.2. The highest BCUT2D eigenvalue weighted by atomic mass is 16.2. The highest BCUT2D eigenvalue weighted by Gasteiger charge is 2.24. The van der Waals surface area contributed by atoms with Crippen LogP contribution in [0.25, 0.3) is 22.4 Å². The van der Waals surface area contributed by atoms with Gasteiger partial charge >= 0.3 is 5.69 Å². The number of carbonyl (C=O) groups excluding carboxylic acids is 1. The van der Waals surface area contributed by atoms with E-state index in [1.807, 2.05) is 6.07 Å². The molecule has 0 spiro atoms. The summed E-state index contributed by atoms with van der Waals surface area (Å²) in [7, 11) is 1.46. The predicted octanol–water partition coefficient (Wildman–Crippen LogP) is 1.46. The lowest BCUT2D eigenvalue weighted by molar-refractivity contribution is -0.118. The van der Waals surface area contributed by atoms with E-state index < -0.39 is 29.7 Å². The Morgan fingerprint density at radius 1 is 1.24 bits per heavy atom. The number of aromatic nitrogens is 7. The zero-order valence-corrected chi connectivity index (χ0v) is 21.2. The highest BCUT2D eigenvalue weighted by Crippen LogP contribution is 2.24. The van der Waals surface area contributed by atoms with E-state index in [0.717, 1.165) is 24.0 Å². The normalized spacial score (nSPS) is 15.9. The molecule has 194 valence electrons. The molecule has 4 aromatic rings. The van der Waals surface area contributed by atoms with Crippen LogP contribution in [-0.4, -0.2) is 52.1 Å². The smallest absolute Gasteiger partial charge is 0.333 e. The summed E-state index contributed by atoms with van der Waals surface area (Å²) in [4.78, 5) is 58.4. The molecule has 1 N–H and O–H groups in total. The summed E-state index contributed by atoms with van der Waals surface area (Å²) in [6, 6.07) is 6.58. The van der Waals surface area contributed by atoms with Crippen LogP contribution in [-0.2, 0) is 18.4 Å². The molecule has 0 radical (unpaired) electrons. The molecule has 0 saturated carbocycles. The van der Waals surface area contributed by atoms with E-state index in [4.69, 9.17) is 5.26 Å². The van der Waals surface area contributed by atoms with Gasteiger partial charge in [0.2, 0.25) is 11.9 Å². The summed E-state index contributed by atoms with van der Waals surface area (Å²) in [5.74, 6) is 0.565.